The standard InChI is InChI=1S/C11H13Cl/c1-4-10-5-6-11(7-12)9(3)8(10)2/h4-6H,1,7H2,2-3H3. The van der Waals surface area contributed by atoms with E-state index >= 15 is 0 Å². The normalized spacial score (nSPS) is 9.92. The predicted molar refractivity (Wildman–Crippen MR) is 55.6 cm³/mol. The number of halogens is 1. The van der Waals surface area contributed by atoms with Gasteiger partial charge >= 0.3 is 0 Å². The molecule has 64 valence electrons. The van der Waals surface area contributed by atoms with E-state index in [1.54, 1.807) is 0 Å². The van der Waals surface area contributed by atoms with Crippen LogP contribution in [0, 0.1) is 13.8 Å². The Kier molecular flexibility index (Phi) is 2.93. The average Bonchev–Trinajstić information content (AvgIpc) is 2.10. The van der Waals surface area contributed by atoms with Crippen molar-refractivity contribution in [3.63, 3.8) is 0 Å². The lowest BCUT2D eigenvalue weighted by Gasteiger charge is -2.08. The molecule has 0 aliphatic heterocycles. The van der Waals surface area contributed by atoms with E-state index in [4.69, 9.17) is 11.6 Å². The largest absolute Gasteiger partial charge is 0.122 e. The fourth-order valence-corrected chi connectivity index (χ4v) is 1.55. The first-order valence-electron chi connectivity index (χ1n) is 3.98. The summed E-state index contributed by atoms with van der Waals surface area (Å²) in [6.07, 6.45) is 1.88. The van der Waals surface area contributed by atoms with Gasteiger partial charge in [-0.1, -0.05) is 24.8 Å². The number of alkyl halides is 1. The highest BCUT2D eigenvalue weighted by Crippen LogP contribution is 2.19. The molecule has 1 aromatic carbocycles. The van der Waals surface area contributed by atoms with Gasteiger partial charge in [-0.3, -0.25) is 0 Å². The molecule has 0 amide bonds. The topological polar surface area (TPSA) is 0 Å². The van der Waals surface area contributed by atoms with Crippen molar-refractivity contribution in [2.75, 3.05) is 0 Å². The molecule has 1 aromatic rings. The van der Waals surface area contributed by atoms with Crippen LogP contribution in [0.25, 0.3) is 6.08 Å². The highest BCUT2D eigenvalue weighted by atomic mass is 35.5. The van der Waals surface area contributed by atoms with Crippen LogP contribution in [0.15, 0.2) is 18.7 Å². The summed E-state index contributed by atoms with van der Waals surface area (Å²) in [5, 5.41) is 0. The molecule has 0 aliphatic carbocycles. The van der Waals surface area contributed by atoms with Gasteiger partial charge < -0.3 is 0 Å². The van der Waals surface area contributed by atoms with E-state index in [1.807, 2.05) is 6.08 Å². The molecule has 0 nitrogen and oxygen atoms in total. The van der Waals surface area contributed by atoms with Crippen molar-refractivity contribution in [1.29, 1.82) is 0 Å². The van der Waals surface area contributed by atoms with Crippen LogP contribution in [0.3, 0.4) is 0 Å². The van der Waals surface area contributed by atoms with Crippen molar-refractivity contribution in [2.24, 2.45) is 0 Å². The Balaban J connectivity index is 3.29. The highest BCUT2D eigenvalue weighted by molar-refractivity contribution is 6.17. The van der Waals surface area contributed by atoms with Gasteiger partial charge in [0.1, 0.15) is 0 Å². The van der Waals surface area contributed by atoms with Gasteiger partial charge in [-0.2, -0.15) is 0 Å². The molecule has 0 atom stereocenters. The minimum absolute atomic E-state index is 0.587. The van der Waals surface area contributed by atoms with Crippen LogP contribution in [0.4, 0.5) is 0 Å². The van der Waals surface area contributed by atoms with Crippen LogP contribution >= 0.6 is 11.6 Å². The lowest BCUT2D eigenvalue weighted by atomic mass is 9.99. The molecule has 0 saturated carbocycles. The smallest absolute Gasteiger partial charge is 0.0476 e. The van der Waals surface area contributed by atoms with Gasteiger partial charge in [0.25, 0.3) is 0 Å². The maximum atomic E-state index is 5.77. The van der Waals surface area contributed by atoms with Crippen molar-refractivity contribution >= 4 is 17.7 Å². The van der Waals surface area contributed by atoms with Crippen LogP contribution in [-0.2, 0) is 5.88 Å². The van der Waals surface area contributed by atoms with E-state index in [0.717, 1.165) is 0 Å². The highest BCUT2D eigenvalue weighted by Gasteiger charge is 2.02. The first-order chi connectivity index (χ1) is 5.70. The monoisotopic (exact) mass is 180 g/mol. The molecule has 0 spiro atoms. The summed E-state index contributed by atoms with van der Waals surface area (Å²) in [6.45, 7) is 7.95. The minimum Gasteiger partial charge on any atom is -0.122 e. The second-order valence-corrected chi connectivity index (χ2v) is 3.17. The summed E-state index contributed by atoms with van der Waals surface area (Å²) in [7, 11) is 0. The second-order valence-electron chi connectivity index (χ2n) is 2.90. The minimum atomic E-state index is 0.587. The molecule has 0 aliphatic rings. The van der Waals surface area contributed by atoms with E-state index in [2.05, 4.69) is 32.6 Å². The number of hydrogen-bond donors (Lipinski definition) is 0. The van der Waals surface area contributed by atoms with Crippen molar-refractivity contribution in [2.45, 2.75) is 19.7 Å². The summed E-state index contributed by atoms with van der Waals surface area (Å²) >= 11 is 5.77. The van der Waals surface area contributed by atoms with Crippen molar-refractivity contribution in [3.8, 4) is 0 Å². The Morgan fingerprint density at radius 3 is 2.50 bits per heavy atom. The van der Waals surface area contributed by atoms with Crippen molar-refractivity contribution in [3.05, 3.63) is 41.0 Å². The molecule has 0 radical (unpaired) electrons. The molecule has 0 fully saturated rings. The predicted octanol–water partition coefficient (Wildman–Crippen LogP) is 3.69. The SMILES string of the molecule is C=Cc1ccc(CCl)c(C)c1C. The van der Waals surface area contributed by atoms with Gasteiger partial charge in [-0.25, -0.2) is 0 Å². The molecule has 0 heterocycles. The lowest BCUT2D eigenvalue weighted by molar-refractivity contribution is 1.23. The maximum absolute atomic E-state index is 5.77. The molecular formula is C11H13Cl. The fraction of sp³-hybridized carbons (Fsp3) is 0.273. The number of hydrogen-bond acceptors (Lipinski definition) is 0. The van der Waals surface area contributed by atoms with E-state index in [-0.39, 0.29) is 0 Å². The molecule has 0 N–H and O–H groups in total. The van der Waals surface area contributed by atoms with Gasteiger partial charge in [0.05, 0.1) is 0 Å². The van der Waals surface area contributed by atoms with Crippen LogP contribution in [0.2, 0.25) is 0 Å². The summed E-state index contributed by atoms with van der Waals surface area (Å²) in [5.41, 5.74) is 4.96. The van der Waals surface area contributed by atoms with E-state index in [0.29, 0.717) is 5.88 Å². The summed E-state index contributed by atoms with van der Waals surface area (Å²) in [4.78, 5) is 0. The summed E-state index contributed by atoms with van der Waals surface area (Å²) in [6, 6.07) is 4.12. The maximum Gasteiger partial charge on any atom is 0.0476 e. The Morgan fingerprint density at radius 1 is 1.33 bits per heavy atom. The van der Waals surface area contributed by atoms with E-state index in [1.165, 1.54) is 22.3 Å². The molecule has 0 unspecified atom stereocenters. The summed E-state index contributed by atoms with van der Waals surface area (Å²) < 4.78 is 0. The molecule has 12 heavy (non-hydrogen) atoms. The molecule has 0 aromatic heterocycles. The molecule has 1 heteroatoms. The average molecular weight is 181 g/mol. The Labute approximate surface area is 78.9 Å². The number of rotatable bonds is 2. The van der Waals surface area contributed by atoms with Crippen molar-refractivity contribution in [1.82, 2.24) is 0 Å². The molecule has 1 rings (SSSR count). The van der Waals surface area contributed by atoms with Gasteiger partial charge in [0.2, 0.25) is 0 Å². The Hall–Kier alpha value is -0.750. The van der Waals surface area contributed by atoms with E-state index in [9.17, 15) is 0 Å². The number of benzene rings is 1. The van der Waals surface area contributed by atoms with Crippen LogP contribution in [-0.4, -0.2) is 0 Å². The van der Waals surface area contributed by atoms with Crippen LogP contribution in [0.1, 0.15) is 22.3 Å². The molecule has 0 bridgehead atoms. The van der Waals surface area contributed by atoms with Crippen LogP contribution < -0.4 is 0 Å². The zero-order chi connectivity index (χ0) is 9.14. The summed E-state index contributed by atoms with van der Waals surface area (Å²) in [5.74, 6) is 0.587. The molecule has 0 saturated heterocycles. The van der Waals surface area contributed by atoms with Gasteiger partial charge in [-0.05, 0) is 36.1 Å². The van der Waals surface area contributed by atoms with E-state index < -0.39 is 0 Å². The Bertz CT molecular complexity index is 300. The second kappa shape index (κ2) is 3.77. The zero-order valence-electron chi connectivity index (χ0n) is 7.52. The first kappa shape index (κ1) is 9.34. The van der Waals surface area contributed by atoms with Gasteiger partial charge in [0.15, 0.2) is 0 Å². The third-order valence-electron chi connectivity index (χ3n) is 2.31. The Morgan fingerprint density at radius 2 is 2.00 bits per heavy atom. The fourth-order valence-electron chi connectivity index (χ4n) is 1.26. The first-order valence-corrected chi connectivity index (χ1v) is 4.51. The lowest BCUT2D eigenvalue weighted by Crippen LogP contribution is -1.91. The molecular weight excluding hydrogens is 168 g/mol. The van der Waals surface area contributed by atoms with Gasteiger partial charge in [-0.15, -0.1) is 11.6 Å². The van der Waals surface area contributed by atoms with Crippen LogP contribution in [0.5, 0.6) is 0 Å². The van der Waals surface area contributed by atoms with Gasteiger partial charge in [0, 0.05) is 5.88 Å². The third-order valence-corrected chi connectivity index (χ3v) is 2.59. The quantitative estimate of drug-likeness (QED) is 0.609. The van der Waals surface area contributed by atoms with Crippen molar-refractivity contribution < 1.29 is 0 Å². The third kappa shape index (κ3) is 1.54. The zero-order valence-corrected chi connectivity index (χ0v) is 8.28.